The van der Waals surface area contributed by atoms with E-state index in [0.717, 1.165) is 23.3 Å². The predicted octanol–water partition coefficient (Wildman–Crippen LogP) is 4.77. The van der Waals surface area contributed by atoms with E-state index in [2.05, 4.69) is 15.2 Å². The van der Waals surface area contributed by atoms with Crippen LogP contribution in [0.4, 0.5) is 0 Å². The molecule has 2 aliphatic heterocycles. The summed E-state index contributed by atoms with van der Waals surface area (Å²) in [4.78, 5) is 18.4. The maximum absolute atomic E-state index is 12.2. The number of carbonyl (C=O) groups excluding carboxylic acids is 1. The van der Waals surface area contributed by atoms with Gasteiger partial charge in [-0.2, -0.15) is 10.2 Å². The van der Waals surface area contributed by atoms with Crippen LogP contribution in [0, 0.1) is 0 Å². The number of hydrogen-bond acceptors (Lipinski definition) is 5. The second kappa shape index (κ2) is 7.44. The number of rotatable bonds is 4. The van der Waals surface area contributed by atoms with Gasteiger partial charge in [-0.1, -0.05) is 29.3 Å². The number of benzene rings is 1. The van der Waals surface area contributed by atoms with Crippen LogP contribution in [0.3, 0.4) is 0 Å². The first-order chi connectivity index (χ1) is 13.1. The molecule has 2 unspecified atom stereocenters. The first-order valence-electron chi connectivity index (χ1n) is 8.74. The number of methoxy groups -OCH3 is 1. The van der Waals surface area contributed by atoms with Gasteiger partial charge in [0.2, 0.25) is 5.91 Å². The van der Waals surface area contributed by atoms with Crippen LogP contribution >= 0.6 is 23.2 Å². The van der Waals surface area contributed by atoms with Gasteiger partial charge >= 0.3 is 0 Å². The summed E-state index contributed by atoms with van der Waals surface area (Å²) in [5.74, 6) is 0.831. The molecule has 3 heterocycles. The third-order valence-electron chi connectivity index (χ3n) is 4.92. The number of amides is 1. The van der Waals surface area contributed by atoms with Crippen LogP contribution in [0.2, 0.25) is 10.0 Å². The Morgan fingerprint density at radius 3 is 2.78 bits per heavy atom. The lowest BCUT2D eigenvalue weighted by atomic mass is 9.93. The molecule has 0 aliphatic carbocycles. The number of azo groups is 1. The van der Waals surface area contributed by atoms with Gasteiger partial charge < -0.3 is 9.64 Å². The molecule has 1 saturated heterocycles. The van der Waals surface area contributed by atoms with Gasteiger partial charge in [-0.25, -0.2) is 0 Å². The second-order valence-electron chi connectivity index (χ2n) is 6.59. The molecule has 6 nitrogen and oxygen atoms in total. The van der Waals surface area contributed by atoms with Crippen molar-refractivity contribution in [2.24, 2.45) is 10.2 Å². The van der Waals surface area contributed by atoms with Crippen molar-refractivity contribution in [2.45, 2.75) is 31.5 Å². The lowest BCUT2D eigenvalue weighted by Gasteiger charge is -2.31. The van der Waals surface area contributed by atoms with Crippen LogP contribution in [0.1, 0.15) is 41.9 Å². The van der Waals surface area contributed by atoms with E-state index in [1.165, 1.54) is 0 Å². The maximum atomic E-state index is 12.2. The lowest BCUT2D eigenvalue weighted by molar-refractivity contribution is -0.129. The van der Waals surface area contributed by atoms with Crippen molar-refractivity contribution in [2.75, 3.05) is 13.7 Å². The van der Waals surface area contributed by atoms with Gasteiger partial charge in [0.25, 0.3) is 0 Å². The molecule has 140 valence electrons. The number of likely N-dealkylation sites (tertiary alicyclic amines) is 1. The minimum Gasteiger partial charge on any atom is -0.497 e. The van der Waals surface area contributed by atoms with Crippen LogP contribution in [-0.4, -0.2) is 29.4 Å². The Morgan fingerprint density at radius 1 is 1.22 bits per heavy atom. The molecule has 1 aromatic heterocycles. The SMILES string of the molecule is COc1ccc2c(c1)C(N1CCCC1=O)N=NC2Cc1ncc(Cl)cc1Cl. The van der Waals surface area contributed by atoms with E-state index in [0.29, 0.717) is 35.1 Å². The van der Waals surface area contributed by atoms with Crippen LogP contribution in [0.25, 0.3) is 0 Å². The quantitative estimate of drug-likeness (QED) is 0.736. The Morgan fingerprint density at radius 2 is 2.07 bits per heavy atom. The van der Waals surface area contributed by atoms with Gasteiger partial charge in [-0.15, -0.1) is 0 Å². The highest BCUT2D eigenvalue weighted by molar-refractivity contribution is 6.34. The molecular formula is C19H18Cl2N4O2. The maximum Gasteiger partial charge on any atom is 0.224 e. The Labute approximate surface area is 167 Å². The number of pyridine rings is 1. The molecule has 0 bridgehead atoms. The van der Waals surface area contributed by atoms with Crippen molar-refractivity contribution in [1.82, 2.24) is 9.88 Å². The number of halogens is 2. The normalized spacial score (nSPS) is 21.4. The highest BCUT2D eigenvalue weighted by Gasteiger charge is 2.35. The zero-order valence-corrected chi connectivity index (χ0v) is 16.2. The third kappa shape index (κ3) is 3.51. The molecule has 0 radical (unpaired) electrons. The summed E-state index contributed by atoms with van der Waals surface area (Å²) in [5.41, 5.74) is 2.65. The van der Waals surface area contributed by atoms with E-state index in [1.807, 2.05) is 18.2 Å². The van der Waals surface area contributed by atoms with E-state index < -0.39 is 6.17 Å². The minimum atomic E-state index is -0.407. The molecule has 2 atom stereocenters. The van der Waals surface area contributed by atoms with Crippen molar-refractivity contribution in [3.63, 3.8) is 0 Å². The number of fused-ring (bicyclic) bond motifs is 1. The van der Waals surface area contributed by atoms with Crippen LogP contribution < -0.4 is 4.74 Å². The minimum absolute atomic E-state index is 0.105. The fraction of sp³-hybridized carbons (Fsp3) is 0.368. The van der Waals surface area contributed by atoms with Crippen molar-refractivity contribution in [3.05, 3.63) is 57.3 Å². The van der Waals surface area contributed by atoms with Crippen molar-refractivity contribution < 1.29 is 9.53 Å². The number of nitrogens with zero attached hydrogens (tertiary/aromatic N) is 4. The van der Waals surface area contributed by atoms with Gasteiger partial charge in [0.15, 0.2) is 6.17 Å². The molecule has 4 rings (SSSR count). The molecule has 0 saturated carbocycles. The zero-order valence-electron chi connectivity index (χ0n) is 14.7. The summed E-state index contributed by atoms with van der Waals surface area (Å²) in [6, 6.07) is 7.26. The fourth-order valence-electron chi connectivity index (χ4n) is 3.56. The van der Waals surface area contributed by atoms with Crippen molar-refractivity contribution in [1.29, 1.82) is 0 Å². The monoisotopic (exact) mass is 404 g/mol. The average molecular weight is 405 g/mol. The topological polar surface area (TPSA) is 67.2 Å². The van der Waals surface area contributed by atoms with Gasteiger partial charge in [0.05, 0.1) is 22.8 Å². The molecule has 1 fully saturated rings. The molecule has 1 aromatic carbocycles. The van der Waals surface area contributed by atoms with Gasteiger partial charge in [-0.05, 0) is 30.2 Å². The second-order valence-corrected chi connectivity index (χ2v) is 7.44. The van der Waals surface area contributed by atoms with E-state index in [1.54, 1.807) is 24.3 Å². The molecule has 0 spiro atoms. The molecular weight excluding hydrogens is 387 g/mol. The lowest BCUT2D eigenvalue weighted by Crippen LogP contribution is -2.31. The number of hydrogen-bond donors (Lipinski definition) is 0. The predicted molar refractivity (Wildman–Crippen MR) is 102 cm³/mol. The Hall–Kier alpha value is -2.18. The van der Waals surface area contributed by atoms with Crippen molar-refractivity contribution >= 4 is 29.1 Å². The molecule has 8 heteroatoms. The summed E-state index contributed by atoms with van der Waals surface area (Å²) in [6.45, 7) is 0.689. The van der Waals surface area contributed by atoms with Crippen LogP contribution in [0.15, 0.2) is 40.7 Å². The Balaban J connectivity index is 1.70. The van der Waals surface area contributed by atoms with Gasteiger partial charge in [0, 0.05) is 31.1 Å². The number of aromatic nitrogens is 1. The summed E-state index contributed by atoms with van der Waals surface area (Å²) < 4.78 is 5.38. The average Bonchev–Trinajstić information content (AvgIpc) is 3.09. The zero-order chi connectivity index (χ0) is 19.0. The Kier molecular flexibility index (Phi) is 5.02. The number of ether oxygens (including phenoxy) is 1. The Bertz CT molecular complexity index is 919. The van der Waals surface area contributed by atoms with E-state index in [-0.39, 0.29) is 11.9 Å². The first-order valence-corrected chi connectivity index (χ1v) is 9.49. The fourth-order valence-corrected chi connectivity index (χ4v) is 4.02. The first kappa shape index (κ1) is 18.2. The standard InChI is InChI=1S/C19H18Cl2N4O2/c1-27-12-4-5-13-14(8-12)19(25-6-2-3-18(25)26)24-23-16(13)9-17-15(21)7-11(20)10-22-17/h4-5,7-8,10,16,19H,2-3,6,9H2,1H3. The summed E-state index contributed by atoms with van der Waals surface area (Å²) >= 11 is 12.2. The molecule has 0 N–H and O–H groups in total. The highest BCUT2D eigenvalue weighted by atomic mass is 35.5. The van der Waals surface area contributed by atoms with Crippen LogP contribution in [0.5, 0.6) is 5.75 Å². The molecule has 1 amide bonds. The highest BCUT2D eigenvalue weighted by Crippen LogP contribution is 2.41. The number of carbonyl (C=O) groups is 1. The van der Waals surface area contributed by atoms with E-state index >= 15 is 0 Å². The van der Waals surface area contributed by atoms with Crippen LogP contribution in [-0.2, 0) is 11.2 Å². The molecule has 2 aliphatic rings. The van der Waals surface area contributed by atoms with E-state index in [4.69, 9.17) is 27.9 Å². The largest absolute Gasteiger partial charge is 0.497 e. The van der Waals surface area contributed by atoms with E-state index in [9.17, 15) is 4.79 Å². The third-order valence-corrected chi connectivity index (χ3v) is 5.46. The summed E-state index contributed by atoms with van der Waals surface area (Å²) in [6.07, 6.45) is 3.06. The molecule has 2 aromatic rings. The van der Waals surface area contributed by atoms with Gasteiger partial charge in [-0.3, -0.25) is 9.78 Å². The van der Waals surface area contributed by atoms with Gasteiger partial charge in [0.1, 0.15) is 11.8 Å². The summed E-state index contributed by atoms with van der Waals surface area (Å²) in [5, 5.41) is 9.98. The van der Waals surface area contributed by atoms with Crippen molar-refractivity contribution in [3.8, 4) is 5.75 Å². The summed E-state index contributed by atoms with van der Waals surface area (Å²) in [7, 11) is 1.62. The molecule has 27 heavy (non-hydrogen) atoms. The smallest absolute Gasteiger partial charge is 0.224 e.